The second kappa shape index (κ2) is 5.09. The first-order valence-corrected chi connectivity index (χ1v) is 7.94. The molecule has 120 valence electrons. The van der Waals surface area contributed by atoms with E-state index in [1.807, 2.05) is 12.1 Å². The lowest BCUT2D eigenvalue weighted by Crippen LogP contribution is -2.44. The van der Waals surface area contributed by atoms with Gasteiger partial charge in [0.2, 0.25) is 0 Å². The predicted octanol–water partition coefficient (Wildman–Crippen LogP) is 2.56. The third-order valence-electron chi connectivity index (χ3n) is 4.79. The van der Waals surface area contributed by atoms with Crippen molar-refractivity contribution in [1.29, 1.82) is 0 Å². The van der Waals surface area contributed by atoms with Gasteiger partial charge in [-0.2, -0.15) is 0 Å². The van der Waals surface area contributed by atoms with Crippen LogP contribution in [0.5, 0.6) is 5.75 Å². The van der Waals surface area contributed by atoms with Crippen LogP contribution in [0.25, 0.3) is 21.9 Å². The van der Waals surface area contributed by atoms with E-state index in [1.54, 1.807) is 12.4 Å². The molecule has 1 saturated heterocycles. The summed E-state index contributed by atoms with van der Waals surface area (Å²) >= 11 is 0. The molecule has 1 aliphatic heterocycles. The van der Waals surface area contributed by atoms with Crippen LogP contribution in [0.2, 0.25) is 0 Å². The van der Waals surface area contributed by atoms with Gasteiger partial charge in [-0.05, 0) is 38.9 Å². The number of pyridine rings is 2. The van der Waals surface area contributed by atoms with E-state index in [9.17, 15) is 0 Å². The molecule has 3 aromatic rings. The number of nitrogens with two attached hydrogens (primary N) is 1. The van der Waals surface area contributed by atoms with Gasteiger partial charge in [0.1, 0.15) is 11.2 Å². The fourth-order valence-corrected chi connectivity index (χ4v) is 3.25. The Morgan fingerprint density at radius 1 is 1.30 bits per heavy atom. The SMILES string of the molecule is CN1CCC(C)(Oc2c(N)ncc3[nH]c4ncccc4c23)CC1. The highest BCUT2D eigenvalue weighted by atomic mass is 16.5. The van der Waals surface area contributed by atoms with E-state index in [-0.39, 0.29) is 5.60 Å². The number of H-pyrrole nitrogens is 1. The first-order chi connectivity index (χ1) is 11.1. The van der Waals surface area contributed by atoms with Gasteiger partial charge in [-0.3, -0.25) is 0 Å². The Kier molecular flexibility index (Phi) is 3.16. The van der Waals surface area contributed by atoms with Crippen molar-refractivity contribution < 1.29 is 4.74 Å². The first-order valence-electron chi connectivity index (χ1n) is 7.94. The molecule has 0 saturated carbocycles. The second-order valence-corrected chi connectivity index (χ2v) is 6.64. The molecule has 4 heterocycles. The maximum Gasteiger partial charge on any atom is 0.172 e. The molecule has 23 heavy (non-hydrogen) atoms. The molecule has 0 aromatic carbocycles. The van der Waals surface area contributed by atoms with Crippen LogP contribution in [0.4, 0.5) is 5.82 Å². The Bertz CT molecular complexity index is 864. The smallest absolute Gasteiger partial charge is 0.172 e. The van der Waals surface area contributed by atoms with E-state index >= 15 is 0 Å². The number of ether oxygens (including phenoxy) is 1. The van der Waals surface area contributed by atoms with E-state index in [0.717, 1.165) is 47.9 Å². The molecular formula is C17H21N5O. The number of likely N-dealkylation sites (tertiary alicyclic amines) is 1. The molecule has 3 N–H and O–H groups in total. The Morgan fingerprint density at radius 2 is 2.09 bits per heavy atom. The highest BCUT2D eigenvalue weighted by Crippen LogP contribution is 2.39. The average molecular weight is 311 g/mol. The Labute approximate surface area is 134 Å². The number of hydrogen-bond acceptors (Lipinski definition) is 5. The van der Waals surface area contributed by atoms with Crippen LogP contribution < -0.4 is 10.5 Å². The van der Waals surface area contributed by atoms with Crippen molar-refractivity contribution in [2.45, 2.75) is 25.4 Å². The van der Waals surface area contributed by atoms with Crippen LogP contribution in [-0.4, -0.2) is 45.6 Å². The lowest BCUT2D eigenvalue weighted by atomic mass is 9.93. The minimum absolute atomic E-state index is 0.220. The summed E-state index contributed by atoms with van der Waals surface area (Å²) in [5.74, 6) is 1.11. The lowest BCUT2D eigenvalue weighted by molar-refractivity contribution is 0.0258. The molecule has 1 fully saturated rings. The topological polar surface area (TPSA) is 80.1 Å². The number of rotatable bonds is 2. The number of hydrogen-bond donors (Lipinski definition) is 2. The van der Waals surface area contributed by atoms with Gasteiger partial charge in [0.15, 0.2) is 11.6 Å². The maximum atomic E-state index is 6.44. The van der Waals surface area contributed by atoms with Gasteiger partial charge in [0.25, 0.3) is 0 Å². The van der Waals surface area contributed by atoms with Crippen LogP contribution in [-0.2, 0) is 0 Å². The number of nitrogens with zero attached hydrogens (tertiary/aromatic N) is 3. The van der Waals surface area contributed by atoms with Gasteiger partial charge in [-0.25, -0.2) is 9.97 Å². The minimum atomic E-state index is -0.220. The highest BCUT2D eigenvalue weighted by Gasteiger charge is 2.32. The van der Waals surface area contributed by atoms with Crippen LogP contribution in [0.15, 0.2) is 24.5 Å². The van der Waals surface area contributed by atoms with Crippen LogP contribution in [0.1, 0.15) is 19.8 Å². The summed E-state index contributed by atoms with van der Waals surface area (Å²) in [5, 5.41) is 1.99. The van der Waals surface area contributed by atoms with Crippen molar-refractivity contribution in [2.75, 3.05) is 25.9 Å². The summed E-state index contributed by atoms with van der Waals surface area (Å²) < 4.78 is 6.44. The number of fused-ring (bicyclic) bond motifs is 3. The van der Waals surface area contributed by atoms with Crippen molar-refractivity contribution in [3.63, 3.8) is 0 Å². The minimum Gasteiger partial charge on any atom is -0.483 e. The Hall–Kier alpha value is -2.34. The van der Waals surface area contributed by atoms with Gasteiger partial charge in [0, 0.05) is 24.7 Å². The van der Waals surface area contributed by atoms with Crippen molar-refractivity contribution in [3.05, 3.63) is 24.5 Å². The Morgan fingerprint density at radius 3 is 2.87 bits per heavy atom. The molecule has 0 radical (unpaired) electrons. The normalized spacial score (nSPS) is 18.5. The van der Waals surface area contributed by atoms with Crippen molar-refractivity contribution in [3.8, 4) is 5.75 Å². The van der Waals surface area contributed by atoms with Gasteiger partial charge < -0.3 is 20.4 Å². The summed E-state index contributed by atoms with van der Waals surface area (Å²) in [5.41, 5.74) is 7.67. The number of nitrogen functional groups attached to an aromatic ring is 1. The van der Waals surface area contributed by atoms with Crippen molar-refractivity contribution >= 4 is 27.8 Å². The quantitative estimate of drug-likeness (QED) is 0.760. The lowest BCUT2D eigenvalue weighted by Gasteiger charge is -2.38. The van der Waals surface area contributed by atoms with Gasteiger partial charge in [-0.1, -0.05) is 0 Å². The molecular weight excluding hydrogens is 290 g/mol. The van der Waals surface area contributed by atoms with E-state index in [4.69, 9.17) is 10.5 Å². The van der Waals surface area contributed by atoms with Gasteiger partial charge >= 0.3 is 0 Å². The summed E-state index contributed by atoms with van der Waals surface area (Å²) in [4.78, 5) is 14.3. The standard InChI is InChI=1S/C17H21N5O/c1-17(5-8-22(2)9-6-17)23-14-13-11-4-3-7-19-16(11)21-12(13)10-20-15(14)18/h3-4,7,10H,5-6,8-9H2,1-2H3,(H2,18,20)(H,19,21). The number of anilines is 1. The van der Waals surface area contributed by atoms with E-state index < -0.39 is 0 Å². The van der Waals surface area contributed by atoms with E-state index in [0.29, 0.717) is 11.6 Å². The molecule has 6 heteroatoms. The van der Waals surface area contributed by atoms with E-state index in [2.05, 4.69) is 33.8 Å². The molecule has 0 bridgehead atoms. The third kappa shape index (κ3) is 2.39. The van der Waals surface area contributed by atoms with Gasteiger partial charge in [-0.15, -0.1) is 0 Å². The summed E-state index contributed by atoms with van der Waals surface area (Å²) in [7, 11) is 2.14. The predicted molar refractivity (Wildman–Crippen MR) is 91.6 cm³/mol. The molecule has 1 aliphatic rings. The number of aromatic amines is 1. The highest BCUT2D eigenvalue weighted by molar-refractivity contribution is 6.10. The van der Waals surface area contributed by atoms with Crippen LogP contribution in [0, 0.1) is 0 Å². The zero-order valence-corrected chi connectivity index (χ0v) is 13.5. The molecule has 0 unspecified atom stereocenters. The van der Waals surface area contributed by atoms with Gasteiger partial charge in [0.05, 0.1) is 17.1 Å². The van der Waals surface area contributed by atoms with Crippen molar-refractivity contribution in [1.82, 2.24) is 19.9 Å². The molecule has 0 spiro atoms. The Balaban J connectivity index is 1.84. The first kappa shape index (κ1) is 14.3. The van der Waals surface area contributed by atoms with Crippen LogP contribution >= 0.6 is 0 Å². The third-order valence-corrected chi connectivity index (χ3v) is 4.79. The molecule has 0 amide bonds. The molecule has 0 atom stereocenters. The molecule has 4 rings (SSSR count). The second-order valence-electron chi connectivity index (χ2n) is 6.64. The fourth-order valence-electron chi connectivity index (χ4n) is 3.25. The molecule has 0 aliphatic carbocycles. The number of piperidine rings is 1. The fraction of sp³-hybridized carbons (Fsp3) is 0.412. The summed E-state index contributed by atoms with van der Waals surface area (Å²) in [6.07, 6.45) is 5.46. The van der Waals surface area contributed by atoms with Crippen LogP contribution in [0.3, 0.4) is 0 Å². The maximum absolute atomic E-state index is 6.44. The monoisotopic (exact) mass is 311 g/mol. The van der Waals surface area contributed by atoms with Crippen molar-refractivity contribution in [2.24, 2.45) is 0 Å². The average Bonchev–Trinajstić information content (AvgIpc) is 2.92. The summed E-state index contributed by atoms with van der Waals surface area (Å²) in [6, 6.07) is 3.96. The zero-order valence-electron chi connectivity index (χ0n) is 13.5. The molecule has 6 nitrogen and oxygen atoms in total. The zero-order chi connectivity index (χ0) is 16.0. The number of aromatic nitrogens is 3. The number of nitrogens with one attached hydrogen (secondary N) is 1. The molecule has 3 aromatic heterocycles. The summed E-state index contributed by atoms with van der Waals surface area (Å²) in [6.45, 7) is 4.20. The largest absolute Gasteiger partial charge is 0.483 e. The van der Waals surface area contributed by atoms with E-state index in [1.165, 1.54) is 0 Å².